The molecule has 0 saturated carbocycles. The Kier molecular flexibility index (Phi) is 7.95. The van der Waals surface area contributed by atoms with Crippen LogP contribution in [0.2, 0.25) is 0 Å². The smallest absolute Gasteiger partial charge is 0.159 e. The summed E-state index contributed by atoms with van der Waals surface area (Å²) in [5.41, 5.74) is 0.739. The monoisotopic (exact) mass is 262 g/mol. The summed E-state index contributed by atoms with van der Waals surface area (Å²) < 4.78 is 5.66. The van der Waals surface area contributed by atoms with Crippen LogP contribution in [0.4, 0.5) is 0 Å². The third kappa shape index (κ3) is 7.00. The third-order valence-electron chi connectivity index (χ3n) is 3.28. The lowest BCUT2D eigenvalue weighted by atomic mass is 10.1. The molecule has 0 aromatic heterocycles. The quantitative estimate of drug-likeness (QED) is 0.437. The van der Waals surface area contributed by atoms with Crippen LogP contribution in [0.3, 0.4) is 0 Å². The first-order chi connectivity index (χ1) is 9.24. The lowest BCUT2D eigenvalue weighted by Gasteiger charge is -2.06. The molecule has 0 bridgehead atoms. The van der Waals surface area contributed by atoms with E-state index in [1.165, 1.54) is 38.5 Å². The Labute approximate surface area is 117 Å². The largest absolute Gasteiger partial charge is 0.494 e. The Hall–Kier alpha value is -1.31. The molecule has 0 saturated heterocycles. The highest BCUT2D eigenvalue weighted by atomic mass is 16.5. The van der Waals surface area contributed by atoms with Crippen LogP contribution in [0.25, 0.3) is 0 Å². The number of benzene rings is 1. The molecular formula is C17H26O2. The zero-order chi connectivity index (χ0) is 13.9. The standard InChI is InChI=1S/C17H26O2/c1-3-4-5-6-7-8-9-14-19-17-12-10-16(11-13-17)15(2)18/h10-13H,3-9,14H2,1-2H3. The molecule has 0 fully saturated rings. The molecule has 19 heavy (non-hydrogen) atoms. The van der Waals surface area contributed by atoms with Crippen molar-refractivity contribution < 1.29 is 9.53 Å². The predicted octanol–water partition coefficient (Wildman–Crippen LogP) is 5.02. The van der Waals surface area contributed by atoms with Crippen molar-refractivity contribution in [2.45, 2.75) is 58.8 Å². The Morgan fingerprint density at radius 2 is 1.53 bits per heavy atom. The highest BCUT2D eigenvalue weighted by molar-refractivity contribution is 5.94. The van der Waals surface area contributed by atoms with Crippen molar-refractivity contribution in [2.24, 2.45) is 0 Å². The number of unbranched alkanes of at least 4 members (excludes halogenated alkanes) is 6. The van der Waals surface area contributed by atoms with Gasteiger partial charge in [-0.05, 0) is 37.6 Å². The third-order valence-corrected chi connectivity index (χ3v) is 3.28. The number of carbonyl (C=O) groups excluding carboxylic acids is 1. The molecular weight excluding hydrogens is 236 g/mol. The summed E-state index contributed by atoms with van der Waals surface area (Å²) in [7, 11) is 0. The highest BCUT2D eigenvalue weighted by Gasteiger charge is 1.99. The minimum atomic E-state index is 0.0960. The van der Waals surface area contributed by atoms with E-state index in [0.29, 0.717) is 0 Å². The Morgan fingerprint density at radius 1 is 0.947 bits per heavy atom. The normalized spacial score (nSPS) is 10.4. The van der Waals surface area contributed by atoms with Gasteiger partial charge >= 0.3 is 0 Å². The van der Waals surface area contributed by atoms with Crippen molar-refractivity contribution in [3.8, 4) is 5.75 Å². The van der Waals surface area contributed by atoms with Gasteiger partial charge in [-0.15, -0.1) is 0 Å². The van der Waals surface area contributed by atoms with E-state index in [9.17, 15) is 4.79 Å². The summed E-state index contributed by atoms with van der Waals surface area (Å²) in [4.78, 5) is 11.1. The average molecular weight is 262 g/mol. The molecule has 0 amide bonds. The van der Waals surface area contributed by atoms with Crippen LogP contribution in [0.5, 0.6) is 5.75 Å². The maximum Gasteiger partial charge on any atom is 0.159 e. The lowest BCUT2D eigenvalue weighted by molar-refractivity contribution is 0.101. The molecule has 0 radical (unpaired) electrons. The summed E-state index contributed by atoms with van der Waals surface area (Å²) in [6.45, 7) is 4.59. The van der Waals surface area contributed by atoms with Gasteiger partial charge in [-0.25, -0.2) is 0 Å². The molecule has 0 N–H and O–H groups in total. The minimum absolute atomic E-state index is 0.0960. The molecule has 0 aliphatic carbocycles. The second-order valence-electron chi connectivity index (χ2n) is 5.05. The Bertz CT molecular complexity index is 354. The van der Waals surface area contributed by atoms with Gasteiger partial charge in [0, 0.05) is 5.56 Å². The molecule has 0 atom stereocenters. The van der Waals surface area contributed by atoms with Crippen LogP contribution in [-0.2, 0) is 0 Å². The maximum atomic E-state index is 11.1. The van der Waals surface area contributed by atoms with Gasteiger partial charge in [-0.2, -0.15) is 0 Å². The van der Waals surface area contributed by atoms with Crippen LogP contribution in [0.15, 0.2) is 24.3 Å². The van der Waals surface area contributed by atoms with E-state index in [1.54, 1.807) is 6.92 Å². The SMILES string of the molecule is CCCCCCCCCOc1ccc(C(C)=O)cc1. The van der Waals surface area contributed by atoms with Crippen LogP contribution >= 0.6 is 0 Å². The topological polar surface area (TPSA) is 26.3 Å². The molecule has 0 aliphatic heterocycles. The first-order valence-electron chi connectivity index (χ1n) is 7.48. The number of hydrogen-bond acceptors (Lipinski definition) is 2. The fourth-order valence-corrected chi connectivity index (χ4v) is 2.04. The molecule has 1 aromatic rings. The zero-order valence-corrected chi connectivity index (χ0v) is 12.3. The summed E-state index contributed by atoms with van der Waals surface area (Å²) in [6.07, 6.45) is 9.05. The average Bonchev–Trinajstić information content (AvgIpc) is 2.42. The molecule has 1 rings (SSSR count). The van der Waals surface area contributed by atoms with E-state index in [0.717, 1.165) is 24.3 Å². The minimum Gasteiger partial charge on any atom is -0.494 e. The summed E-state index contributed by atoms with van der Waals surface area (Å²) in [5.74, 6) is 0.953. The molecule has 2 nitrogen and oxygen atoms in total. The van der Waals surface area contributed by atoms with Crippen LogP contribution in [-0.4, -0.2) is 12.4 Å². The van der Waals surface area contributed by atoms with E-state index < -0.39 is 0 Å². The molecule has 0 aliphatic rings. The highest BCUT2D eigenvalue weighted by Crippen LogP contribution is 2.13. The number of carbonyl (C=O) groups is 1. The number of Topliss-reactive ketones (excluding diaryl/α,β-unsaturated/α-hetero) is 1. The first-order valence-corrected chi connectivity index (χ1v) is 7.48. The van der Waals surface area contributed by atoms with Crippen molar-refractivity contribution in [2.75, 3.05) is 6.61 Å². The second kappa shape index (κ2) is 9.60. The van der Waals surface area contributed by atoms with Crippen LogP contribution in [0.1, 0.15) is 69.2 Å². The van der Waals surface area contributed by atoms with E-state index in [2.05, 4.69) is 6.92 Å². The second-order valence-corrected chi connectivity index (χ2v) is 5.05. The van der Waals surface area contributed by atoms with Crippen LogP contribution in [0, 0.1) is 0 Å². The molecule has 0 spiro atoms. The van der Waals surface area contributed by atoms with E-state index in [-0.39, 0.29) is 5.78 Å². The van der Waals surface area contributed by atoms with Gasteiger partial charge < -0.3 is 4.74 Å². The van der Waals surface area contributed by atoms with E-state index in [1.807, 2.05) is 24.3 Å². The molecule has 106 valence electrons. The number of ketones is 1. The predicted molar refractivity (Wildman–Crippen MR) is 79.9 cm³/mol. The van der Waals surface area contributed by atoms with Gasteiger partial charge in [-0.1, -0.05) is 45.4 Å². The molecule has 2 heteroatoms. The molecule has 0 heterocycles. The van der Waals surface area contributed by atoms with Gasteiger partial charge in [0.15, 0.2) is 5.78 Å². The van der Waals surface area contributed by atoms with Crippen molar-refractivity contribution in [3.05, 3.63) is 29.8 Å². The Balaban J connectivity index is 2.07. The summed E-state index contributed by atoms with van der Waals surface area (Å²) in [6, 6.07) is 7.39. The van der Waals surface area contributed by atoms with Gasteiger partial charge in [-0.3, -0.25) is 4.79 Å². The van der Waals surface area contributed by atoms with Crippen molar-refractivity contribution in [1.82, 2.24) is 0 Å². The fourth-order valence-electron chi connectivity index (χ4n) is 2.04. The van der Waals surface area contributed by atoms with Gasteiger partial charge in [0.1, 0.15) is 5.75 Å². The molecule has 1 aromatic carbocycles. The lowest BCUT2D eigenvalue weighted by Crippen LogP contribution is -1.98. The Morgan fingerprint density at radius 3 is 2.11 bits per heavy atom. The van der Waals surface area contributed by atoms with E-state index >= 15 is 0 Å². The van der Waals surface area contributed by atoms with Crippen molar-refractivity contribution in [1.29, 1.82) is 0 Å². The van der Waals surface area contributed by atoms with Gasteiger partial charge in [0.2, 0.25) is 0 Å². The zero-order valence-electron chi connectivity index (χ0n) is 12.3. The van der Waals surface area contributed by atoms with Gasteiger partial charge in [0.05, 0.1) is 6.61 Å². The first kappa shape index (κ1) is 15.7. The molecule has 0 unspecified atom stereocenters. The number of hydrogen-bond donors (Lipinski definition) is 0. The maximum absolute atomic E-state index is 11.1. The van der Waals surface area contributed by atoms with Gasteiger partial charge in [0.25, 0.3) is 0 Å². The summed E-state index contributed by atoms with van der Waals surface area (Å²) >= 11 is 0. The fraction of sp³-hybridized carbons (Fsp3) is 0.588. The number of rotatable bonds is 10. The van der Waals surface area contributed by atoms with Crippen molar-refractivity contribution in [3.63, 3.8) is 0 Å². The summed E-state index contributed by atoms with van der Waals surface area (Å²) in [5, 5.41) is 0. The van der Waals surface area contributed by atoms with E-state index in [4.69, 9.17) is 4.74 Å². The number of ether oxygens (including phenoxy) is 1. The van der Waals surface area contributed by atoms with Crippen molar-refractivity contribution >= 4 is 5.78 Å². The van der Waals surface area contributed by atoms with Crippen LogP contribution < -0.4 is 4.74 Å².